The van der Waals surface area contributed by atoms with Crippen molar-refractivity contribution in [3.63, 3.8) is 0 Å². The number of hydrogen-bond donors (Lipinski definition) is 1. The minimum Gasteiger partial charge on any atom is -0.481 e. The average molecular weight is 497 g/mol. The fourth-order valence-corrected chi connectivity index (χ4v) is 3.61. The number of anilines is 1. The molecule has 1 atom stereocenters. The smallest absolute Gasteiger partial charge is 0.356 e. The monoisotopic (exact) mass is 496 g/mol. The number of esters is 1. The summed E-state index contributed by atoms with van der Waals surface area (Å²) in [7, 11) is 1.25. The molecular weight excluding hydrogens is 479 g/mol. The lowest BCUT2D eigenvalue weighted by Crippen LogP contribution is -2.30. The Balaban J connectivity index is 1.54. The van der Waals surface area contributed by atoms with Gasteiger partial charge in [-0.15, -0.1) is 0 Å². The molecule has 0 aliphatic rings. The molecule has 0 saturated carbocycles. The highest BCUT2D eigenvalue weighted by Crippen LogP contribution is 2.34. The van der Waals surface area contributed by atoms with Gasteiger partial charge in [-0.05, 0) is 49.4 Å². The molecule has 35 heavy (non-hydrogen) atoms. The van der Waals surface area contributed by atoms with Crippen LogP contribution in [0.15, 0.2) is 70.0 Å². The number of halogens is 2. The Labute approximate surface area is 203 Å². The van der Waals surface area contributed by atoms with Crippen molar-refractivity contribution in [3.05, 3.63) is 87.7 Å². The lowest BCUT2D eigenvalue weighted by Gasteiger charge is -2.15. The van der Waals surface area contributed by atoms with E-state index < -0.39 is 29.4 Å². The molecule has 178 valence electrons. The van der Waals surface area contributed by atoms with Gasteiger partial charge in [0.05, 0.1) is 24.0 Å². The molecule has 1 amide bonds. The van der Waals surface area contributed by atoms with E-state index in [4.69, 9.17) is 20.8 Å². The number of carbonyl (C=O) groups excluding carboxylic acids is 2. The number of carbonyl (C=O) groups is 2. The van der Waals surface area contributed by atoms with Crippen LogP contribution in [0.4, 0.5) is 10.1 Å². The van der Waals surface area contributed by atoms with Crippen molar-refractivity contribution in [3.8, 4) is 16.9 Å². The maximum atomic E-state index is 13.5. The Hall–Kier alpha value is -4.24. The van der Waals surface area contributed by atoms with Crippen LogP contribution in [0.1, 0.15) is 17.4 Å². The van der Waals surface area contributed by atoms with Gasteiger partial charge in [-0.3, -0.25) is 4.79 Å². The van der Waals surface area contributed by atoms with Crippen molar-refractivity contribution < 1.29 is 27.9 Å². The standard InChI is InChI=1S/C25H18ClFN2O6/c1-13(24(31)29-15-4-8-21(28-12-15)25(32)33-2)34-16-5-7-18-19(11-23(30)35-22(18)10-16)17-6-3-14(27)9-20(17)26/h3-13H,1-2H3,(H,29,31)/t13-/m1/s1. The van der Waals surface area contributed by atoms with E-state index in [-0.39, 0.29) is 22.0 Å². The van der Waals surface area contributed by atoms with Crippen molar-refractivity contribution in [1.82, 2.24) is 4.98 Å². The van der Waals surface area contributed by atoms with E-state index in [9.17, 15) is 18.8 Å². The Morgan fingerprint density at radius 2 is 1.89 bits per heavy atom. The van der Waals surface area contributed by atoms with Crippen LogP contribution in [-0.4, -0.2) is 30.1 Å². The van der Waals surface area contributed by atoms with Gasteiger partial charge in [0.15, 0.2) is 6.10 Å². The number of methoxy groups -OCH3 is 1. The van der Waals surface area contributed by atoms with Gasteiger partial charge in [-0.1, -0.05) is 11.6 Å². The molecule has 0 spiro atoms. The van der Waals surface area contributed by atoms with E-state index >= 15 is 0 Å². The highest BCUT2D eigenvalue weighted by molar-refractivity contribution is 6.33. The van der Waals surface area contributed by atoms with Crippen LogP contribution in [0, 0.1) is 5.82 Å². The first-order chi connectivity index (χ1) is 16.7. The fourth-order valence-electron chi connectivity index (χ4n) is 3.34. The van der Waals surface area contributed by atoms with Crippen LogP contribution in [0.5, 0.6) is 5.75 Å². The first-order valence-electron chi connectivity index (χ1n) is 10.3. The number of aromatic nitrogens is 1. The first kappa shape index (κ1) is 23.9. The fraction of sp³-hybridized carbons (Fsp3) is 0.120. The quantitative estimate of drug-likeness (QED) is 0.300. The zero-order valence-electron chi connectivity index (χ0n) is 18.5. The third-order valence-electron chi connectivity index (χ3n) is 5.04. The van der Waals surface area contributed by atoms with Crippen LogP contribution < -0.4 is 15.7 Å². The van der Waals surface area contributed by atoms with Crippen LogP contribution in [0.25, 0.3) is 22.1 Å². The number of hydrogen-bond acceptors (Lipinski definition) is 7. The topological polar surface area (TPSA) is 108 Å². The number of rotatable bonds is 6. The molecule has 1 N–H and O–H groups in total. The summed E-state index contributed by atoms with van der Waals surface area (Å²) in [5.74, 6) is -1.27. The molecule has 8 nitrogen and oxygen atoms in total. The molecule has 0 bridgehead atoms. The van der Waals surface area contributed by atoms with Gasteiger partial charge in [0, 0.05) is 28.6 Å². The lowest BCUT2D eigenvalue weighted by atomic mass is 10.0. The largest absolute Gasteiger partial charge is 0.481 e. The summed E-state index contributed by atoms with van der Waals surface area (Å²) in [6.07, 6.45) is 0.401. The molecule has 2 heterocycles. The van der Waals surface area contributed by atoms with E-state index in [1.807, 2.05) is 0 Å². The minimum atomic E-state index is -0.922. The number of pyridine rings is 1. The Morgan fingerprint density at radius 1 is 1.09 bits per heavy atom. The van der Waals surface area contributed by atoms with Gasteiger partial charge in [0.25, 0.3) is 5.91 Å². The van der Waals surface area contributed by atoms with E-state index in [2.05, 4.69) is 15.0 Å². The van der Waals surface area contributed by atoms with Crippen LogP contribution >= 0.6 is 11.6 Å². The predicted molar refractivity (Wildman–Crippen MR) is 127 cm³/mol. The second-order valence-electron chi connectivity index (χ2n) is 7.43. The molecular formula is C25H18ClFN2O6. The minimum absolute atomic E-state index is 0.105. The maximum absolute atomic E-state index is 13.5. The summed E-state index contributed by atoms with van der Waals surface area (Å²) >= 11 is 6.18. The predicted octanol–water partition coefficient (Wildman–Crippen LogP) is 4.84. The van der Waals surface area contributed by atoms with Crippen molar-refractivity contribution in [2.45, 2.75) is 13.0 Å². The van der Waals surface area contributed by atoms with Crippen molar-refractivity contribution in [2.24, 2.45) is 0 Å². The van der Waals surface area contributed by atoms with Gasteiger partial charge < -0.3 is 19.2 Å². The maximum Gasteiger partial charge on any atom is 0.356 e. The number of nitrogens with zero attached hydrogens (tertiary/aromatic N) is 1. The summed E-state index contributed by atoms with van der Waals surface area (Å²) in [5.41, 5.74) is 0.997. The SMILES string of the molecule is COC(=O)c1ccc(NC(=O)[C@@H](C)Oc2ccc3c(-c4ccc(F)cc4Cl)cc(=O)oc3c2)cn1. The second-order valence-corrected chi connectivity index (χ2v) is 7.84. The van der Waals surface area contributed by atoms with E-state index in [1.165, 1.54) is 49.7 Å². The summed E-state index contributed by atoms with van der Waals surface area (Å²) < 4.78 is 29.1. The average Bonchev–Trinajstić information content (AvgIpc) is 2.83. The molecule has 0 aliphatic heterocycles. The molecule has 10 heteroatoms. The number of nitrogens with one attached hydrogen (secondary N) is 1. The molecule has 0 unspecified atom stereocenters. The van der Waals surface area contributed by atoms with Crippen LogP contribution in [-0.2, 0) is 9.53 Å². The zero-order valence-corrected chi connectivity index (χ0v) is 19.3. The van der Waals surface area contributed by atoms with Gasteiger partial charge in [-0.25, -0.2) is 19.0 Å². The summed E-state index contributed by atoms with van der Waals surface area (Å²) in [5, 5.41) is 3.34. The third kappa shape index (κ3) is 5.30. The molecule has 0 radical (unpaired) electrons. The number of amides is 1. The van der Waals surface area contributed by atoms with Gasteiger partial charge in [-0.2, -0.15) is 0 Å². The normalized spacial score (nSPS) is 11.7. The van der Waals surface area contributed by atoms with Crippen molar-refractivity contribution in [1.29, 1.82) is 0 Å². The number of benzene rings is 2. The molecule has 2 aromatic heterocycles. The van der Waals surface area contributed by atoms with E-state index in [0.29, 0.717) is 22.2 Å². The van der Waals surface area contributed by atoms with E-state index in [0.717, 1.165) is 6.07 Å². The molecule has 0 fully saturated rings. The Morgan fingerprint density at radius 3 is 2.57 bits per heavy atom. The lowest BCUT2D eigenvalue weighted by molar-refractivity contribution is -0.122. The van der Waals surface area contributed by atoms with Crippen LogP contribution in [0.3, 0.4) is 0 Å². The van der Waals surface area contributed by atoms with Crippen molar-refractivity contribution >= 4 is 40.1 Å². The first-order valence-corrected chi connectivity index (χ1v) is 10.7. The summed E-state index contributed by atoms with van der Waals surface area (Å²) in [4.78, 5) is 40.1. The summed E-state index contributed by atoms with van der Waals surface area (Å²) in [6.45, 7) is 1.54. The number of ether oxygens (including phenoxy) is 2. The zero-order chi connectivity index (χ0) is 25.1. The molecule has 0 aliphatic carbocycles. The summed E-state index contributed by atoms with van der Waals surface area (Å²) in [6, 6.07) is 12.8. The molecule has 0 saturated heterocycles. The Bertz CT molecular complexity index is 1490. The second kappa shape index (κ2) is 9.94. The Kier molecular flexibility index (Phi) is 6.79. The molecule has 2 aromatic carbocycles. The highest BCUT2D eigenvalue weighted by atomic mass is 35.5. The van der Waals surface area contributed by atoms with Crippen molar-refractivity contribution in [2.75, 3.05) is 12.4 Å². The molecule has 4 aromatic rings. The van der Waals surface area contributed by atoms with Gasteiger partial charge in [0.2, 0.25) is 0 Å². The van der Waals surface area contributed by atoms with Gasteiger partial charge >= 0.3 is 11.6 Å². The molecule has 4 rings (SSSR count). The third-order valence-corrected chi connectivity index (χ3v) is 5.36. The van der Waals surface area contributed by atoms with Gasteiger partial charge in [0.1, 0.15) is 22.8 Å². The van der Waals surface area contributed by atoms with Crippen LogP contribution in [0.2, 0.25) is 5.02 Å². The number of fused-ring (bicyclic) bond motifs is 1. The highest BCUT2D eigenvalue weighted by Gasteiger charge is 2.18. The van der Waals surface area contributed by atoms with E-state index in [1.54, 1.807) is 19.1 Å².